The number of alkyl halides is 3. The molecule has 6 nitrogen and oxygen atoms in total. The molecule has 0 aliphatic heterocycles. The number of nitrogens with one attached hydrogen (secondary N) is 1. The van der Waals surface area contributed by atoms with Gasteiger partial charge in [-0.05, 0) is 54.3 Å². The SMILES string of the molecule is Cc1ccccc1-c1ccc(-c2nc(-c3cccc(C(C)NCC(=O)O)c3)no2)cc1C(F)(F)F. The highest BCUT2D eigenvalue weighted by Crippen LogP contribution is 2.40. The van der Waals surface area contributed by atoms with Crippen molar-refractivity contribution in [1.29, 1.82) is 0 Å². The van der Waals surface area contributed by atoms with Gasteiger partial charge in [-0.2, -0.15) is 18.2 Å². The Bertz CT molecular complexity index is 1370. The summed E-state index contributed by atoms with van der Waals surface area (Å²) in [5.74, 6) is -0.796. The number of benzene rings is 3. The Morgan fingerprint density at radius 3 is 2.51 bits per heavy atom. The number of carboxylic acids is 1. The van der Waals surface area contributed by atoms with E-state index in [-0.39, 0.29) is 35.4 Å². The Labute approximate surface area is 199 Å². The van der Waals surface area contributed by atoms with Gasteiger partial charge in [0.05, 0.1) is 12.1 Å². The van der Waals surface area contributed by atoms with E-state index in [9.17, 15) is 18.0 Å². The summed E-state index contributed by atoms with van der Waals surface area (Å²) < 4.78 is 47.2. The molecule has 0 fully saturated rings. The molecule has 2 N–H and O–H groups in total. The van der Waals surface area contributed by atoms with Crippen LogP contribution in [-0.2, 0) is 11.0 Å². The fourth-order valence-electron chi connectivity index (χ4n) is 3.79. The molecule has 1 heterocycles. The summed E-state index contributed by atoms with van der Waals surface area (Å²) in [6.07, 6.45) is -4.58. The molecule has 0 aliphatic carbocycles. The van der Waals surface area contributed by atoms with Gasteiger partial charge in [-0.3, -0.25) is 4.79 Å². The van der Waals surface area contributed by atoms with Crippen LogP contribution in [0.25, 0.3) is 34.0 Å². The van der Waals surface area contributed by atoms with Crippen LogP contribution in [0.3, 0.4) is 0 Å². The maximum atomic E-state index is 14.0. The molecule has 0 amide bonds. The molecule has 0 saturated heterocycles. The molecule has 0 radical (unpaired) electrons. The maximum Gasteiger partial charge on any atom is 0.417 e. The highest BCUT2D eigenvalue weighted by molar-refractivity contribution is 5.74. The summed E-state index contributed by atoms with van der Waals surface area (Å²) in [5.41, 5.74) is 2.07. The van der Waals surface area contributed by atoms with Crippen molar-refractivity contribution in [1.82, 2.24) is 15.5 Å². The average molecular weight is 481 g/mol. The standard InChI is InChI=1S/C26H22F3N3O3/c1-15-6-3-4-9-20(15)21-11-10-19(13-22(21)26(27,28)29)25-31-24(32-35-25)18-8-5-7-17(12-18)16(2)30-14-23(33)34/h3-13,16,30H,14H2,1-2H3,(H,33,34). The lowest BCUT2D eigenvalue weighted by molar-refractivity contribution is -0.137. The van der Waals surface area contributed by atoms with Crippen LogP contribution in [-0.4, -0.2) is 27.8 Å². The molecule has 1 aromatic heterocycles. The number of nitrogens with zero attached hydrogens (tertiary/aromatic N) is 2. The predicted molar refractivity (Wildman–Crippen MR) is 124 cm³/mol. The van der Waals surface area contributed by atoms with E-state index < -0.39 is 17.7 Å². The molecule has 4 rings (SSSR count). The number of aryl methyl sites for hydroxylation is 1. The quantitative estimate of drug-likeness (QED) is 0.330. The first-order valence-electron chi connectivity index (χ1n) is 10.8. The molecule has 3 aromatic carbocycles. The Morgan fingerprint density at radius 2 is 1.80 bits per heavy atom. The number of carbonyl (C=O) groups is 1. The summed E-state index contributed by atoms with van der Waals surface area (Å²) >= 11 is 0. The molecule has 9 heteroatoms. The van der Waals surface area contributed by atoms with Crippen LogP contribution >= 0.6 is 0 Å². The lowest BCUT2D eigenvalue weighted by Crippen LogP contribution is -2.25. The largest absolute Gasteiger partial charge is 0.480 e. The van der Waals surface area contributed by atoms with Gasteiger partial charge in [0.15, 0.2) is 0 Å². The van der Waals surface area contributed by atoms with E-state index >= 15 is 0 Å². The van der Waals surface area contributed by atoms with Gasteiger partial charge in [-0.15, -0.1) is 0 Å². The molecule has 0 bridgehead atoms. The second kappa shape index (κ2) is 9.71. The van der Waals surface area contributed by atoms with E-state index in [1.54, 1.807) is 49.4 Å². The summed E-state index contributed by atoms with van der Waals surface area (Å²) in [6, 6.07) is 17.7. The predicted octanol–water partition coefficient (Wildman–Crippen LogP) is 6.13. The van der Waals surface area contributed by atoms with E-state index in [4.69, 9.17) is 9.63 Å². The maximum absolute atomic E-state index is 14.0. The van der Waals surface area contributed by atoms with Gasteiger partial charge in [0.25, 0.3) is 5.89 Å². The first-order valence-corrected chi connectivity index (χ1v) is 10.8. The second-order valence-electron chi connectivity index (χ2n) is 8.12. The van der Waals surface area contributed by atoms with Crippen LogP contribution in [0.5, 0.6) is 0 Å². The Balaban J connectivity index is 1.67. The molecule has 0 aliphatic rings. The minimum Gasteiger partial charge on any atom is -0.480 e. The van der Waals surface area contributed by atoms with Gasteiger partial charge in [0, 0.05) is 17.2 Å². The smallest absolute Gasteiger partial charge is 0.417 e. The van der Waals surface area contributed by atoms with Crippen molar-refractivity contribution in [2.75, 3.05) is 6.54 Å². The second-order valence-corrected chi connectivity index (χ2v) is 8.12. The number of hydrogen-bond donors (Lipinski definition) is 2. The summed E-state index contributed by atoms with van der Waals surface area (Å²) in [5, 5.41) is 15.7. The fraction of sp³-hybridized carbons (Fsp3) is 0.192. The van der Waals surface area contributed by atoms with Crippen LogP contribution < -0.4 is 5.32 Å². The molecule has 0 spiro atoms. The van der Waals surface area contributed by atoms with Crippen LogP contribution in [0.4, 0.5) is 13.2 Å². The summed E-state index contributed by atoms with van der Waals surface area (Å²) in [4.78, 5) is 15.1. The molecule has 35 heavy (non-hydrogen) atoms. The highest BCUT2D eigenvalue weighted by Gasteiger charge is 2.34. The molecule has 1 atom stereocenters. The van der Waals surface area contributed by atoms with Crippen LogP contribution in [0.15, 0.2) is 71.3 Å². The van der Waals surface area contributed by atoms with E-state index in [0.717, 1.165) is 17.2 Å². The van der Waals surface area contributed by atoms with Crippen molar-refractivity contribution >= 4 is 5.97 Å². The molecular weight excluding hydrogens is 459 g/mol. The number of hydrogen-bond acceptors (Lipinski definition) is 5. The van der Waals surface area contributed by atoms with Crippen molar-refractivity contribution in [2.24, 2.45) is 0 Å². The topological polar surface area (TPSA) is 88.2 Å². The van der Waals surface area contributed by atoms with Crippen LogP contribution in [0, 0.1) is 6.92 Å². The van der Waals surface area contributed by atoms with Crippen molar-refractivity contribution in [3.05, 3.63) is 83.4 Å². The first-order chi connectivity index (χ1) is 16.6. The number of halogens is 3. The van der Waals surface area contributed by atoms with Crippen molar-refractivity contribution < 1.29 is 27.6 Å². The van der Waals surface area contributed by atoms with Gasteiger partial charge >= 0.3 is 12.1 Å². The van der Waals surface area contributed by atoms with Crippen LogP contribution in [0.1, 0.15) is 29.7 Å². The van der Waals surface area contributed by atoms with Gasteiger partial charge in [-0.1, -0.05) is 53.7 Å². The van der Waals surface area contributed by atoms with E-state index in [1.165, 1.54) is 12.1 Å². The number of carboxylic acid groups (broad SMARTS) is 1. The van der Waals surface area contributed by atoms with Gasteiger partial charge in [0.2, 0.25) is 5.82 Å². The van der Waals surface area contributed by atoms with Crippen LogP contribution in [0.2, 0.25) is 0 Å². The van der Waals surface area contributed by atoms with E-state index in [1.807, 2.05) is 13.0 Å². The summed E-state index contributed by atoms with van der Waals surface area (Å²) in [7, 11) is 0. The zero-order chi connectivity index (χ0) is 25.2. The Kier molecular flexibility index (Phi) is 6.70. The highest BCUT2D eigenvalue weighted by atomic mass is 19.4. The average Bonchev–Trinajstić information content (AvgIpc) is 3.32. The first kappa shape index (κ1) is 24.2. The zero-order valence-electron chi connectivity index (χ0n) is 18.9. The van der Waals surface area contributed by atoms with Crippen molar-refractivity contribution in [2.45, 2.75) is 26.1 Å². The minimum atomic E-state index is -4.58. The lowest BCUT2D eigenvalue weighted by Gasteiger charge is -2.15. The monoisotopic (exact) mass is 481 g/mol. The van der Waals surface area contributed by atoms with Gasteiger partial charge in [-0.25, -0.2) is 0 Å². The molecule has 0 saturated carbocycles. The Morgan fingerprint density at radius 1 is 1.03 bits per heavy atom. The zero-order valence-corrected chi connectivity index (χ0v) is 18.9. The van der Waals surface area contributed by atoms with E-state index in [2.05, 4.69) is 15.5 Å². The molecular formula is C26H22F3N3O3. The molecule has 1 unspecified atom stereocenters. The molecule has 180 valence electrons. The third-order valence-electron chi connectivity index (χ3n) is 5.64. The number of aromatic nitrogens is 2. The van der Waals surface area contributed by atoms with E-state index in [0.29, 0.717) is 11.1 Å². The minimum absolute atomic E-state index is 0.0377. The Hall–Kier alpha value is -3.98. The third-order valence-corrected chi connectivity index (χ3v) is 5.64. The van der Waals surface area contributed by atoms with Crippen molar-refractivity contribution in [3.63, 3.8) is 0 Å². The molecule has 4 aromatic rings. The summed E-state index contributed by atoms with van der Waals surface area (Å²) in [6.45, 7) is 3.38. The van der Waals surface area contributed by atoms with Crippen molar-refractivity contribution in [3.8, 4) is 34.0 Å². The normalized spacial score (nSPS) is 12.5. The lowest BCUT2D eigenvalue weighted by atomic mass is 9.94. The fourth-order valence-corrected chi connectivity index (χ4v) is 3.79. The number of aliphatic carboxylic acids is 1. The number of rotatable bonds is 7. The third kappa shape index (κ3) is 5.41. The van der Waals surface area contributed by atoms with Gasteiger partial charge < -0.3 is 14.9 Å². The van der Waals surface area contributed by atoms with Gasteiger partial charge in [0.1, 0.15) is 0 Å².